The van der Waals surface area contributed by atoms with E-state index in [1.54, 1.807) is 12.1 Å². The van der Waals surface area contributed by atoms with Crippen LogP contribution in [0.2, 0.25) is 0 Å². The number of carbonyl (C=O) groups is 1. The van der Waals surface area contributed by atoms with Crippen molar-refractivity contribution in [3.8, 4) is 0 Å². The number of nitrogens with zero attached hydrogens (tertiary/aromatic N) is 1. The molecule has 0 bridgehead atoms. The first-order valence-electron chi connectivity index (χ1n) is 6.57. The third-order valence-corrected chi connectivity index (χ3v) is 3.56. The van der Waals surface area contributed by atoms with Crippen molar-refractivity contribution in [3.05, 3.63) is 35.6 Å². The van der Waals surface area contributed by atoms with Gasteiger partial charge >= 0.3 is 0 Å². The van der Waals surface area contributed by atoms with E-state index < -0.39 is 0 Å². The summed E-state index contributed by atoms with van der Waals surface area (Å²) in [5, 5.41) is 2.90. The molecular formula is C14H20FN3O. The Bertz CT molecular complexity index is 452. The minimum absolute atomic E-state index is 0.0259. The Morgan fingerprint density at radius 2 is 2.32 bits per heavy atom. The van der Waals surface area contributed by atoms with E-state index in [1.165, 1.54) is 13.0 Å². The second kappa shape index (κ2) is 6.12. The molecule has 2 unspecified atom stereocenters. The second-order valence-electron chi connectivity index (χ2n) is 4.95. The van der Waals surface area contributed by atoms with Crippen LogP contribution in [-0.2, 0) is 4.79 Å². The highest BCUT2D eigenvalue weighted by molar-refractivity contribution is 5.73. The Morgan fingerprint density at radius 3 is 2.95 bits per heavy atom. The molecule has 1 fully saturated rings. The number of carbonyl (C=O) groups excluding carboxylic acids is 1. The first-order chi connectivity index (χ1) is 9.11. The third kappa shape index (κ3) is 3.30. The molecule has 0 aromatic heterocycles. The normalized spacial score (nSPS) is 21.3. The minimum Gasteiger partial charge on any atom is -0.352 e. The summed E-state index contributed by atoms with van der Waals surface area (Å²) in [4.78, 5) is 13.2. The van der Waals surface area contributed by atoms with Crippen LogP contribution in [0, 0.1) is 5.82 Å². The number of amides is 1. The van der Waals surface area contributed by atoms with E-state index in [4.69, 9.17) is 5.73 Å². The monoisotopic (exact) mass is 265 g/mol. The Kier molecular flexibility index (Phi) is 4.50. The van der Waals surface area contributed by atoms with Crippen molar-refractivity contribution in [2.45, 2.75) is 25.4 Å². The van der Waals surface area contributed by atoms with Crippen molar-refractivity contribution < 1.29 is 9.18 Å². The van der Waals surface area contributed by atoms with Crippen LogP contribution in [0.5, 0.6) is 0 Å². The number of rotatable bonds is 4. The molecule has 0 saturated carbocycles. The quantitative estimate of drug-likeness (QED) is 0.855. The van der Waals surface area contributed by atoms with E-state index in [0.717, 1.165) is 19.5 Å². The predicted molar refractivity (Wildman–Crippen MR) is 72.0 cm³/mol. The van der Waals surface area contributed by atoms with Crippen LogP contribution in [-0.4, -0.2) is 36.5 Å². The highest BCUT2D eigenvalue weighted by atomic mass is 19.1. The Morgan fingerprint density at radius 1 is 1.58 bits per heavy atom. The molecule has 1 aromatic rings. The molecule has 0 aliphatic carbocycles. The van der Waals surface area contributed by atoms with Crippen LogP contribution in [0.3, 0.4) is 0 Å². The van der Waals surface area contributed by atoms with Crippen LogP contribution in [0.4, 0.5) is 4.39 Å². The van der Waals surface area contributed by atoms with Crippen LogP contribution < -0.4 is 11.1 Å². The van der Waals surface area contributed by atoms with Crippen LogP contribution >= 0.6 is 0 Å². The molecule has 1 aromatic carbocycles. The van der Waals surface area contributed by atoms with Crippen LogP contribution in [0.15, 0.2) is 24.3 Å². The number of hydrogen-bond acceptors (Lipinski definition) is 3. The number of benzene rings is 1. The van der Waals surface area contributed by atoms with Gasteiger partial charge in [-0.15, -0.1) is 0 Å². The summed E-state index contributed by atoms with van der Waals surface area (Å²) in [6.45, 7) is 3.42. The minimum atomic E-state index is -0.221. The van der Waals surface area contributed by atoms with Gasteiger partial charge in [-0.1, -0.05) is 18.2 Å². The highest BCUT2D eigenvalue weighted by Crippen LogP contribution is 2.26. The van der Waals surface area contributed by atoms with E-state index >= 15 is 0 Å². The summed E-state index contributed by atoms with van der Waals surface area (Å²) in [7, 11) is 0. The summed E-state index contributed by atoms with van der Waals surface area (Å²) in [5.41, 5.74) is 6.44. The van der Waals surface area contributed by atoms with Crippen molar-refractivity contribution in [3.63, 3.8) is 0 Å². The molecular weight excluding hydrogens is 245 g/mol. The van der Waals surface area contributed by atoms with Gasteiger partial charge in [0.1, 0.15) is 5.82 Å². The molecule has 2 atom stereocenters. The number of halogens is 1. The van der Waals surface area contributed by atoms with Crippen molar-refractivity contribution in [1.29, 1.82) is 0 Å². The number of nitrogens with two attached hydrogens (primary N) is 1. The summed E-state index contributed by atoms with van der Waals surface area (Å²) in [5.74, 6) is -0.247. The van der Waals surface area contributed by atoms with Crippen molar-refractivity contribution in [1.82, 2.24) is 10.2 Å². The maximum absolute atomic E-state index is 13.8. The maximum Gasteiger partial charge on any atom is 0.217 e. The number of likely N-dealkylation sites (tertiary alicyclic amines) is 1. The van der Waals surface area contributed by atoms with Gasteiger partial charge in [0.2, 0.25) is 5.91 Å². The van der Waals surface area contributed by atoms with E-state index in [1.807, 2.05) is 6.07 Å². The van der Waals surface area contributed by atoms with E-state index in [-0.39, 0.29) is 23.8 Å². The Hall–Kier alpha value is -1.46. The van der Waals surface area contributed by atoms with Gasteiger partial charge < -0.3 is 11.1 Å². The molecule has 104 valence electrons. The zero-order valence-corrected chi connectivity index (χ0v) is 11.1. The molecule has 0 spiro atoms. The van der Waals surface area contributed by atoms with Crippen molar-refractivity contribution >= 4 is 5.91 Å². The lowest BCUT2D eigenvalue weighted by atomic mass is 10.1. The fraction of sp³-hybridized carbons (Fsp3) is 0.500. The third-order valence-electron chi connectivity index (χ3n) is 3.56. The van der Waals surface area contributed by atoms with Gasteiger partial charge in [0, 0.05) is 44.2 Å². The largest absolute Gasteiger partial charge is 0.352 e. The molecule has 1 aliphatic heterocycles. The average Bonchev–Trinajstić information content (AvgIpc) is 2.80. The number of nitrogens with one attached hydrogen (secondary N) is 1. The summed E-state index contributed by atoms with van der Waals surface area (Å²) < 4.78 is 13.8. The van der Waals surface area contributed by atoms with Crippen LogP contribution in [0.1, 0.15) is 24.9 Å². The Balaban J connectivity index is 2.08. The smallest absolute Gasteiger partial charge is 0.217 e. The molecule has 19 heavy (non-hydrogen) atoms. The first-order valence-corrected chi connectivity index (χ1v) is 6.57. The average molecular weight is 265 g/mol. The van der Waals surface area contributed by atoms with Crippen molar-refractivity contribution in [2.75, 3.05) is 19.6 Å². The molecule has 3 N–H and O–H groups in total. The summed E-state index contributed by atoms with van der Waals surface area (Å²) >= 11 is 0. The Labute approximate surface area is 112 Å². The summed E-state index contributed by atoms with van der Waals surface area (Å²) in [6, 6.07) is 6.75. The lowest BCUT2D eigenvalue weighted by Gasteiger charge is -2.27. The highest BCUT2D eigenvalue weighted by Gasteiger charge is 2.29. The molecule has 1 saturated heterocycles. The van der Waals surface area contributed by atoms with E-state index in [0.29, 0.717) is 12.1 Å². The maximum atomic E-state index is 13.8. The predicted octanol–water partition coefficient (Wildman–Crippen LogP) is 1.04. The van der Waals surface area contributed by atoms with Gasteiger partial charge in [0.15, 0.2) is 0 Å². The lowest BCUT2D eigenvalue weighted by Crippen LogP contribution is -2.38. The van der Waals surface area contributed by atoms with Gasteiger partial charge in [0.05, 0.1) is 0 Å². The molecule has 2 rings (SSSR count). The number of hydrogen-bond donors (Lipinski definition) is 2. The SMILES string of the molecule is CC(=O)NC1CCN(C(CN)c2ccccc2F)C1. The van der Waals surface area contributed by atoms with Gasteiger partial charge in [0.25, 0.3) is 0 Å². The van der Waals surface area contributed by atoms with Crippen LogP contribution in [0.25, 0.3) is 0 Å². The second-order valence-corrected chi connectivity index (χ2v) is 4.95. The summed E-state index contributed by atoms with van der Waals surface area (Å²) in [6.07, 6.45) is 0.879. The van der Waals surface area contributed by atoms with Gasteiger partial charge in [-0.25, -0.2) is 4.39 Å². The van der Waals surface area contributed by atoms with E-state index in [2.05, 4.69) is 10.2 Å². The molecule has 4 nitrogen and oxygen atoms in total. The molecule has 0 radical (unpaired) electrons. The zero-order valence-electron chi connectivity index (χ0n) is 11.1. The standard InChI is InChI=1S/C14H20FN3O/c1-10(19)17-11-6-7-18(9-11)14(8-16)12-4-2-3-5-13(12)15/h2-5,11,14H,6-9,16H2,1H3,(H,17,19). The van der Waals surface area contributed by atoms with Gasteiger partial charge in [-0.2, -0.15) is 0 Å². The fourth-order valence-corrected chi connectivity index (χ4v) is 2.69. The zero-order chi connectivity index (χ0) is 13.8. The fourth-order valence-electron chi connectivity index (χ4n) is 2.69. The molecule has 1 amide bonds. The van der Waals surface area contributed by atoms with Crippen molar-refractivity contribution in [2.24, 2.45) is 5.73 Å². The first kappa shape index (κ1) is 14.0. The van der Waals surface area contributed by atoms with Gasteiger partial charge in [-0.3, -0.25) is 9.69 Å². The van der Waals surface area contributed by atoms with Gasteiger partial charge in [-0.05, 0) is 12.5 Å². The molecule has 1 aliphatic rings. The molecule has 5 heteroatoms. The van der Waals surface area contributed by atoms with E-state index in [9.17, 15) is 9.18 Å². The topological polar surface area (TPSA) is 58.4 Å². The molecule has 1 heterocycles. The lowest BCUT2D eigenvalue weighted by molar-refractivity contribution is -0.119.